The molecule has 0 saturated carbocycles. The van der Waals surface area contributed by atoms with Crippen LogP contribution in [-0.4, -0.2) is 24.5 Å². The summed E-state index contributed by atoms with van der Waals surface area (Å²) in [6.45, 7) is 2.36. The van der Waals surface area contributed by atoms with Crippen LogP contribution in [0.5, 0.6) is 5.75 Å². The maximum absolute atomic E-state index is 12.8. The summed E-state index contributed by atoms with van der Waals surface area (Å²) in [6.07, 6.45) is 0.476. The van der Waals surface area contributed by atoms with E-state index >= 15 is 0 Å². The standard InChI is InChI=1S/C25H25ClN2O3/c1-2-23(31-20-12-8-11-19(26)17-20)25(30)28-22-14-7-6-13-21(22)24(29)27-16-15-18-9-4-3-5-10-18/h3-14,17,23H,2,15-16H2,1H3,(H,27,29)(H,28,30). The molecule has 0 bridgehead atoms. The van der Waals surface area contributed by atoms with Gasteiger partial charge in [-0.1, -0.05) is 67.1 Å². The van der Waals surface area contributed by atoms with Gasteiger partial charge in [0.1, 0.15) is 5.75 Å². The SMILES string of the molecule is CCC(Oc1cccc(Cl)c1)C(=O)Nc1ccccc1C(=O)NCCc1ccccc1. The van der Waals surface area contributed by atoms with Gasteiger partial charge in [0.2, 0.25) is 0 Å². The van der Waals surface area contributed by atoms with Crippen LogP contribution in [0.25, 0.3) is 0 Å². The third kappa shape index (κ3) is 6.59. The number of carbonyl (C=O) groups is 2. The van der Waals surface area contributed by atoms with Gasteiger partial charge in [-0.25, -0.2) is 0 Å². The number of nitrogens with one attached hydrogen (secondary N) is 2. The molecule has 0 saturated heterocycles. The van der Waals surface area contributed by atoms with E-state index in [1.54, 1.807) is 48.5 Å². The minimum Gasteiger partial charge on any atom is -0.481 e. The molecule has 3 rings (SSSR count). The molecule has 0 aliphatic carbocycles. The molecule has 0 aromatic heterocycles. The van der Waals surface area contributed by atoms with E-state index in [1.165, 1.54) is 0 Å². The van der Waals surface area contributed by atoms with Gasteiger partial charge in [-0.3, -0.25) is 9.59 Å². The van der Waals surface area contributed by atoms with E-state index in [0.29, 0.717) is 35.0 Å². The summed E-state index contributed by atoms with van der Waals surface area (Å²) in [5.74, 6) is -0.0518. The number of ether oxygens (including phenoxy) is 1. The largest absolute Gasteiger partial charge is 0.481 e. The molecule has 0 spiro atoms. The zero-order valence-electron chi connectivity index (χ0n) is 17.3. The number of carbonyl (C=O) groups excluding carboxylic acids is 2. The van der Waals surface area contributed by atoms with Gasteiger partial charge in [0, 0.05) is 11.6 Å². The van der Waals surface area contributed by atoms with Crippen LogP contribution in [0.15, 0.2) is 78.9 Å². The zero-order valence-corrected chi connectivity index (χ0v) is 18.1. The number of hydrogen-bond donors (Lipinski definition) is 2. The molecule has 0 aliphatic heterocycles. The van der Waals surface area contributed by atoms with Crippen LogP contribution in [-0.2, 0) is 11.2 Å². The lowest BCUT2D eigenvalue weighted by Crippen LogP contribution is -2.33. The Kier molecular flexibility index (Phi) is 8.07. The fourth-order valence-corrected chi connectivity index (χ4v) is 3.27. The minimum absolute atomic E-state index is 0.240. The number of hydrogen-bond acceptors (Lipinski definition) is 3. The van der Waals surface area contributed by atoms with Gasteiger partial charge < -0.3 is 15.4 Å². The summed E-state index contributed by atoms with van der Waals surface area (Å²) >= 11 is 5.99. The van der Waals surface area contributed by atoms with Crippen molar-refractivity contribution in [1.82, 2.24) is 5.32 Å². The van der Waals surface area contributed by atoms with Gasteiger partial charge in [0.05, 0.1) is 11.3 Å². The molecule has 6 heteroatoms. The Bertz CT molecular complexity index is 1020. The lowest BCUT2D eigenvalue weighted by atomic mass is 10.1. The molecular formula is C25H25ClN2O3. The van der Waals surface area contributed by atoms with Crippen molar-refractivity contribution in [3.63, 3.8) is 0 Å². The van der Waals surface area contributed by atoms with Crippen molar-refractivity contribution in [2.75, 3.05) is 11.9 Å². The Morgan fingerprint density at radius 3 is 2.45 bits per heavy atom. The van der Waals surface area contributed by atoms with Crippen LogP contribution < -0.4 is 15.4 Å². The molecule has 3 aromatic carbocycles. The smallest absolute Gasteiger partial charge is 0.265 e. The molecule has 1 atom stereocenters. The second kappa shape index (κ2) is 11.2. The molecule has 2 N–H and O–H groups in total. The van der Waals surface area contributed by atoms with Crippen LogP contribution in [0.4, 0.5) is 5.69 Å². The molecule has 0 aliphatic rings. The molecule has 0 radical (unpaired) electrons. The zero-order chi connectivity index (χ0) is 22.1. The predicted octanol–water partition coefficient (Wildman–Crippen LogP) is 5.11. The lowest BCUT2D eigenvalue weighted by molar-refractivity contribution is -0.122. The van der Waals surface area contributed by atoms with E-state index in [2.05, 4.69) is 10.6 Å². The van der Waals surface area contributed by atoms with E-state index in [4.69, 9.17) is 16.3 Å². The number of halogens is 1. The molecule has 31 heavy (non-hydrogen) atoms. The maximum Gasteiger partial charge on any atom is 0.265 e. The van der Waals surface area contributed by atoms with E-state index in [1.807, 2.05) is 37.3 Å². The van der Waals surface area contributed by atoms with Gasteiger partial charge in [-0.15, -0.1) is 0 Å². The molecule has 0 heterocycles. The summed E-state index contributed by atoms with van der Waals surface area (Å²) in [5.41, 5.74) is 1.99. The monoisotopic (exact) mass is 436 g/mol. The van der Waals surface area contributed by atoms with Crippen molar-refractivity contribution in [2.24, 2.45) is 0 Å². The van der Waals surface area contributed by atoms with Gasteiger partial charge in [-0.05, 0) is 48.7 Å². The van der Waals surface area contributed by atoms with Crippen molar-refractivity contribution in [1.29, 1.82) is 0 Å². The third-order valence-corrected chi connectivity index (χ3v) is 4.94. The summed E-state index contributed by atoms with van der Waals surface area (Å²) in [4.78, 5) is 25.5. The first-order valence-corrected chi connectivity index (χ1v) is 10.6. The van der Waals surface area contributed by atoms with Crippen molar-refractivity contribution >= 4 is 29.1 Å². The van der Waals surface area contributed by atoms with Crippen LogP contribution in [0.3, 0.4) is 0 Å². The van der Waals surface area contributed by atoms with Crippen molar-refractivity contribution in [3.8, 4) is 5.75 Å². The van der Waals surface area contributed by atoms with Crippen molar-refractivity contribution in [2.45, 2.75) is 25.9 Å². The highest BCUT2D eigenvalue weighted by molar-refractivity contribution is 6.30. The summed E-state index contributed by atoms with van der Waals surface area (Å²) in [5, 5.41) is 6.27. The van der Waals surface area contributed by atoms with E-state index in [0.717, 1.165) is 12.0 Å². The number of anilines is 1. The van der Waals surface area contributed by atoms with Gasteiger partial charge >= 0.3 is 0 Å². The van der Waals surface area contributed by atoms with Crippen molar-refractivity contribution < 1.29 is 14.3 Å². The molecule has 1 unspecified atom stereocenters. The van der Waals surface area contributed by atoms with Gasteiger partial charge in [0.15, 0.2) is 6.10 Å². The number of para-hydroxylation sites is 1. The highest BCUT2D eigenvalue weighted by Crippen LogP contribution is 2.21. The molecular weight excluding hydrogens is 412 g/mol. The van der Waals surface area contributed by atoms with Gasteiger partial charge in [0.25, 0.3) is 11.8 Å². The molecule has 2 amide bonds. The lowest BCUT2D eigenvalue weighted by Gasteiger charge is -2.18. The average molecular weight is 437 g/mol. The maximum atomic E-state index is 12.8. The topological polar surface area (TPSA) is 67.4 Å². The second-order valence-electron chi connectivity index (χ2n) is 7.00. The van der Waals surface area contributed by atoms with E-state index in [9.17, 15) is 9.59 Å². The number of benzene rings is 3. The Hall–Kier alpha value is -3.31. The highest BCUT2D eigenvalue weighted by atomic mass is 35.5. The van der Waals surface area contributed by atoms with Gasteiger partial charge in [-0.2, -0.15) is 0 Å². The van der Waals surface area contributed by atoms with Crippen LogP contribution in [0.1, 0.15) is 29.3 Å². The number of rotatable bonds is 9. The van der Waals surface area contributed by atoms with Crippen LogP contribution in [0.2, 0.25) is 5.02 Å². The first-order valence-electron chi connectivity index (χ1n) is 10.2. The predicted molar refractivity (Wildman–Crippen MR) is 124 cm³/mol. The minimum atomic E-state index is -0.715. The summed E-state index contributed by atoms with van der Waals surface area (Å²) < 4.78 is 5.80. The normalized spacial score (nSPS) is 11.4. The second-order valence-corrected chi connectivity index (χ2v) is 7.43. The fraction of sp³-hybridized carbons (Fsp3) is 0.200. The van der Waals surface area contributed by atoms with Crippen molar-refractivity contribution in [3.05, 3.63) is 95.0 Å². The Balaban J connectivity index is 1.63. The molecule has 5 nitrogen and oxygen atoms in total. The van der Waals surface area contributed by atoms with Crippen LogP contribution >= 0.6 is 11.6 Å². The molecule has 3 aromatic rings. The molecule has 0 fully saturated rings. The first-order chi connectivity index (χ1) is 15.1. The summed E-state index contributed by atoms with van der Waals surface area (Å²) in [6, 6.07) is 23.8. The van der Waals surface area contributed by atoms with E-state index < -0.39 is 6.10 Å². The summed E-state index contributed by atoms with van der Waals surface area (Å²) in [7, 11) is 0. The Morgan fingerprint density at radius 1 is 0.968 bits per heavy atom. The Morgan fingerprint density at radius 2 is 1.71 bits per heavy atom. The van der Waals surface area contributed by atoms with E-state index in [-0.39, 0.29) is 11.8 Å². The first kappa shape index (κ1) is 22.4. The third-order valence-electron chi connectivity index (χ3n) is 4.71. The van der Waals surface area contributed by atoms with Crippen LogP contribution in [0, 0.1) is 0 Å². The average Bonchev–Trinajstić information content (AvgIpc) is 2.78. The molecule has 160 valence electrons. The quantitative estimate of drug-likeness (QED) is 0.490. The Labute approximate surface area is 187 Å². The fourth-order valence-electron chi connectivity index (χ4n) is 3.09. The highest BCUT2D eigenvalue weighted by Gasteiger charge is 2.21. The number of amides is 2.